The van der Waals surface area contributed by atoms with E-state index < -0.39 is 36.0 Å². The molecule has 0 fully saturated rings. The number of halogens is 6. The molecule has 1 aromatic rings. The van der Waals surface area contributed by atoms with Crippen LogP contribution in [0.15, 0.2) is 12.1 Å². The molecular weight excluding hydrogens is 264 g/mol. The number of nitriles is 1. The lowest BCUT2D eigenvalue weighted by molar-refractivity contribution is -0.141. The van der Waals surface area contributed by atoms with Crippen LogP contribution in [0.25, 0.3) is 0 Å². The van der Waals surface area contributed by atoms with E-state index in [0.717, 1.165) is 6.07 Å². The Kier molecular flexibility index (Phi) is 3.69. The van der Waals surface area contributed by atoms with E-state index in [1.165, 1.54) is 6.07 Å². The van der Waals surface area contributed by atoms with E-state index >= 15 is 0 Å². The Balaban J connectivity index is 3.05. The summed E-state index contributed by atoms with van der Waals surface area (Å²) in [5.74, 6) is -0.746. The van der Waals surface area contributed by atoms with Crippen LogP contribution in [0.4, 0.5) is 32.2 Å². The molecule has 0 atom stereocenters. The van der Waals surface area contributed by atoms with Crippen molar-refractivity contribution in [3.63, 3.8) is 0 Å². The molecule has 0 bridgehead atoms. The van der Waals surface area contributed by atoms with Gasteiger partial charge >= 0.3 is 12.4 Å². The molecular formula is C9H5F6N3. The smallest absolute Gasteiger partial charge is 0.360 e. The van der Waals surface area contributed by atoms with Gasteiger partial charge in [-0.2, -0.15) is 31.6 Å². The highest BCUT2D eigenvalue weighted by atomic mass is 19.4. The third-order valence-corrected chi connectivity index (χ3v) is 1.76. The zero-order valence-corrected chi connectivity index (χ0v) is 8.52. The van der Waals surface area contributed by atoms with Gasteiger partial charge in [0.1, 0.15) is 24.1 Å². The molecule has 0 aliphatic heterocycles. The fraction of sp³-hybridized carbons (Fsp3) is 0.333. The molecule has 0 aromatic carbocycles. The summed E-state index contributed by atoms with van der Waals surface area (Å²) in [6, 6.07) is 2.73. The first kappa shape index (κ1) is 14.1. The molecule has 1 aromatic heterocycles. The van der Waals surface area contributed by atoms with Crippen LogP contribution >= 0.6 is 0 Å². The van der Waals surface area contributed by atoms with Gasteiger partial charge in [-0.25, -0.2) is 4.98 Å². The van der Waals surface area contributed by atoms with Gasteiger partial charge in [0.25, 0.3) is 0 Å². The van der Waals surface area contributed by atoms with Gasteiger partial charge in [0.05, 0.1) is 5.56 Å². The number of nitrogens with one attached hydrogen (secondary N) is 1. The standard InChI is InChI=1S/C9H5F6N3/c10-8(11,12)4-17-7-5(3-16)1-2-6(18-7)9(13,14)15/h1-2H,4H2,(H,17,18). The average Bonchev–Trinajstić information content (AvgIpc) is 2.23. The number of anilines is 1. The third-order valence-electron chi connectivity index (χ3n) is 1.76. The second kappa shape index (κ2) is 4.72. The third kappa shape index (κ3) is 3.80. The Morgan fingerprint density at radius 1 is 1.17 bits per heavy atom. The lowest BCUT2D eigenvalue weighted by atomic mass is 10.2. The van der Waals surface area contributed by atoms with Crippen molar-refractivity contribution in [2.24, 2.45) is 0 Å². The summed E-state index contributed by atoms with van der Waals surface area (Å²) in [4.78, 5) is 2.96. The highest BCUT2D eigenvalue weighted by molar-refractivity contribution is 5.52. The van der Waals surface area contributed by atoms with Crippen molar-refractivity contribution in [3.05, 3.63) is 23.4 Å². The number of pyridine rings is 1. The van der Waals surface area contributed by atoms with Crippen LogP contribution < -0.4 is 5.32 Å². The van der Waals surface area contributed by atoms with Crippen molar-refractivity contribution in [2.75, 3.05) is 11.9 Å². The van der Waals surface area contributed by atoms with Gasteiger partial charge in [-0.1, -0.05) is 0 Å². The molecule has 98 valence electrons. The van der Waals surface area contributed by atoms with E-state index in [1.54, 1.807) is 5.32 Å². The molecule has 0 unspecified atom stereocenters. The molecule has 0 spiro atoms. The monoisotopic (exact) mass is 269 g/mol. The van der Waals surface area contributed by atoms with E-state index in [-0.39, 0.29) is 0 Å². The van der Waals surface area contributed by atoms with Gasteiger partial charge in [-0.05, 0) is 12.1 Å². The van der Waals surface area contributed by atoms with E-state index in [9.17, 15) is 26.3 Å². The molecule has 3 nitrogen and oxygen atoms in total. The second-order valence-corrected chi connectivity index (χ2v) is 3.17. The highest BCUT2D eigenvalue weighted by Gasteiger charge is 2.33. The van der Waals surface area contributed by atoms with E-state index in [2.05, 4.69) is 4.98 Å². The van der Waals surface area contributed by atoms with Crippen molar-refractivity contribution in [2.45, 2.75) is 12.4 Å². The summed E-state index contributed by atoms with van der Waals surface area (Å²) in [7, 11) is 0. The maximum atomic E-state index is 12.3. The largest absolute Gasteiger partial charge is 0.433 e. The van der Waals surface area contributed by atoms with Crippen molar-refractivity contribution in [1.29, 1.82) is 5.26 Å². The zero-order valence-electron chi connectivity index (χ0n) is 8.52. The summed E-state index contributed by atoms with van der Waals surface area (Å²) in [6.07, 6.45) is -9.41. The van der Waals surface area contributed by atoms with Gasteiger partial charge in [0.15, 0.2) is 0 Å². The van der Waals surface area contributed by atoms with Gasteiger partial charge in [0, 0.05) is 0 Å². The molecule has 0 amide bonds. The maximum Gasteiger partial charge on any atom is 0.433 e. The molecule has 0 saturated carbocycles. The molecule has 1 heterocycles. The number of hydrogen-bond acceptors (Lipinski definition) is 3. The van der Waals surface area contributed by atoms with Crippen LogP contribution in [0.1, 0.15) is 11.3 Å². The van der Waals surface area contributed by atoms with Crippen LogP contribution in [0, 0.1) is 11.3 Å². The number of nitrogens with zero attached hydrogens (tertiary/aromatic N) is 2. The fourth-order valence-corrected chi connectivity index (χ4v) is 1.03. The van der Waals surface area contributed by atoms with Crippen LogP contribution in [-0.4, -0.2) is 17.7 Å². The summed E-state index contributed by atoms with van der Waals surface area (Å²) in [5, 5.41) is 10.2. The summed E-state index contributed by atoms with van der Waals surface area (Å²) in [5.41, 5.74) is -1.77. The first-order chi connectivity index (χ1) is 8.13. The van der Waals surface area contributed by atoms with Crippen LogP contribution in [0.5, 0.6) is 0 Å². The van der Waals surface area contributed by atoms with Crippen molar-refractivity contribution >= 4 is 5.82 Å². The Morgan fingerprint density at radius 2 is 1.78 bits per heavy atom. The number of alkyl halides is 6. The Hall–Kier alpha value is -1.98. The average molecular weight is 269 g/mol. The van der Waals surface area contributed by atoms with Crippen molar-refractivity contribution in [3.8, 4) is 6.07 Å². The number of aromatic nitrogens is 1. The van der Waals surface area contributed by atoms with Crippen LogP contribution in [0.3, 0.4) is 0 Å². The van der Waals surface area contributed by atoms with E-state index in [4.69, 9.17) is 5.26 Å². The minimum absolute atomic E-state index is 0.396. The van der Waals surface area contributed by atoms with Crippen LogP contribution in [0.2, 0.25) is 0 Å². The Bertz CT molecular complexity index is 471. The van der Waals surface area contributed by atoms with E-state index in [1.807, 2.05) is 0 Å². The lowest BCUT2D eigenvalue weighted by Gasteiger charge is -2.12. The van der Waals surface area contributed by atoms with Gasteiger partial charge in [-0.3, -0.25) is 0 Å². The van der Waals surface area contributed by atoms with Gasteiger partial charge in [0.2, 0.25) is 0 Å². The Labute approximate surface area is 97.0 Å². The summed E-state index contributed by atoms with van der Waals surface area (Å²) < 4.78 is 72.6. The number of rotatable bonds is 2. The fourth-order valence-electron chi connectivity index (χ4n) is 1.03. The molecule has 0 aliphatic rings. The second-order valence-electron chi connectivity index (χ2n) is 3.17. The Morgan fingerprint density at radius 3 is 2.22 bits per heavy atom. The topological polar surface area (TPSA) is 48.7 Å². The quantitative estimate of drug-likeness (QED) is 0.840. The molecule has 0 radical (unpaired) electrons. The zero-order chi connectivity index (χ0) is 14.0. The molecule has 0 aliphatic carbocycles. The normalized spacial score (nSPS) is 12.1. The van der Waals surface area contributed by atoms with Crippen LogP contribution in [-0.2, 0) is 6.18 Å². The van der Waals surface area contributed by atoms with E-state index in [0.29, 0.717) is 6.07 Å². The molecule has 18 heavy (non-hydrogen) atoms. The first-order valence-electron chi connectivity index (χ1n) is 4.42. The predicted octanol–water partition coefficient (Wildman–Crippen LogP) is 2.95. The number of hydrogen-bond donors (Lipinski definition) is 1. The first-order valence-corrected chi connectivity index (χ1v) is 4.42. The highest BCUT2D eigenvalue weighted by Crippen LogP contribution is 2.29. The predicted molar refractivity (Wildman–Crippen MR) is 48.5 cm³/mol. The molecule has 1 rings (SSSR count). The van der Waals surface area contributed by atoms with Crippen molar-refractivity contribution in [1.82, 2.24) is 4.98 Å². The van der Waals surface area contributed by atoms with Crippen molar-refractivity contribution < 1.29 is 26.3 Å². The maximum absolute atomic E-state index is 12.3. The summed E-state index contributed by atoms with van der Waals surface area (Å²) in [6.45, 7) is -1.57. The lowest BCUT2D eigenvalue weighted by Crippen LogP contribution is -2.23. The minimum Gasteiger partial charge on any atom is -0.360 e. The molecule has 0 saturated heterocycles. The molecule has 9 heteroatoms. The SMILES string of the molecule is N#Cc1ccc(C(F)(F)F)nc1NCC(F)(F)F. The summed E-state index contributed by atoms with van der Waals surface area (Å²) >= 11 is 0. The van der Waals surface area contributed by atoms with Gasteiger partial charge < -0.3 is 5.32 Å². The molecule has 1 N–H and O–H groups in total. The minimum atomic E-state index is -4.79. The van der Waals surface area contributed by atoms with Gasteiger partial charge in [-0.15, -0.1) is 0 Å².